The van der Waals surface area contributed by atoms with E-state index in [9.17, 15) is 4.79 Å². The first kappa shape index (κ1) is 11.9. The van der Waals surface area contributed by atoms with Crippen molar-refractivity contribution in [2.24, 2.45) is 13.0 Å². The van der Waals surface area contributed by atoms with Crippen LogP contribution in [-0.4, -0.2) is 38.8 Å². The van der Waals surface area contributed by atoms with Crippen molar-refractivity contribution in [3.8, 4) is 0 Å². The molecule has 16 heavy (non-hydrogen) atoms. The highest BCUT2D eigenvalue weighted by Crippen LogP contribution is 2.25. The number of aryl methyl sites for hydroxylation is 1. The first-order chi connectivity index (χ1) is 7.65. The average Bonchev–Trinajstić information content (AvgIpc) is 2.81. The number of aromatic nitrogens is 3. The summed E-state index contributed by atoms with van der Waals surface area (Å²) in [6, 6.07) is 0. The largest absolute Gasteiger partial charge is 0.279 e. The number of hydrogen-bond acceptors (Lipinski definition) is 4. The molecule has 1 aromatic heterocycles. The molecule has 1 amide bonds. The van der Waals surface area contributed by atoms with Crippen LogP contribution in [0.4, 0.5) is 5.95 Å². The molecule has 5 nitrogen and oxygen atoms in total. The maximum absolute atomic E-state index is 11.8. The highest BCUT2D eigenvalue weighted by Gasteiger charge is 2.32. The maximum Gasteiger partial charge on any atom is 0.252 e. The van der Waals surface area contributed by atoms with E-state index in [1.165, 1.54) is 11.8 Å². The first-order valence-corrected chi connectivity index (χ1v) is 7.31. The predicted octanol–water partition coefficient (Wildman–Crippen LogP) is 1.28. The molecule has 1 saturated heterocycles. The van der Waals surface area contributed by atoms with Crippen LogP contribution in [0.1, 0.15) is 6.42 Å². The Hall–Kier alpha value is -0.560. The molecule has 88 valence electrons. The molecule has 0 bridgehead atoms. The molecular formula is C9H13BrN4OS. The van der Waals surface area contributed by atoms with Gasteiger partial charge in [0.25, 0.3) is 5.95 Å². The van der Waals surface area contributed by atoms with Gasteiger partial charge in [0, 0.05) is 25.3 Å². The summed E-state index contributed by atoms with van der Waals surface area (Å²) in [6.45, 7) is 0.710. The van der Waals surface area contributed by atoms with Crippen LogP contribution in [0.3, 0.4) is 0 Å². The lowest BCUT2D eigenvalue weighted by Gasteiger charge is -2.10. The van der Waals surface area contributed by atoms with Gasteiger partial charge in [0.15, 0.2) is 5.16 Å². The van der Waals surface area contributed by atoms with E-state index < -0.39 is 0 Å². The minimum Gasteiger partial charge on any atom is -0.279 e. The van der Waals surface area contributed by atoms with Gasteiger partial charge in [-0.25, -0.2) is 4.68 Å². The van der Waals surface area contributed by atoms with Crippen LogP contribution in [0.25, 0.3) is 0 Å². The summed E-state index contributed by atoms with van der Waals surface area (Å²) < 4.78 is 1.70. The van der Waals surface area contributed by atoms with Gasteiger partial charge in [-0.3, -0.25) is 9.69 Å². The Morgan fingerprint density at radius 1 is 1.62 bits per heavy atom. The van der Waals surface area contributed by atoms with Crippen molar-refractivity contribution in [1.29, 1.82) is 0 Å². The van der Waals surface area contributed by atoms with Gasteiger partial charge in [0.1, 0.15) is 0 Å². The normalized spacial score (nSPS) is 20.8. The lowest BCUT2D eigenvalue weighted by atomic mass is 10.2. The summed E-state index contributed by atoms with van der Waals surface area (Å²) >= 11 is 4.93. The topological polar surface area (TPSA) is 51.0 Å². The predicted molar refractivity (Wildman–Crippen MR) is 67.0 cm³/mol. The van der Waals surface area contributed by atoms with E-state index in [1.54, 1.807) is 9.58 Å². The molecule has 1 unspecified atom stereocenters. The number of thioether (sulfide) groups is 1. The van der Waals surface area contributed by atoms with Gasteiger partial charge in [-0.15, -0.1) is 5.10 Å². The maximum atomic E-state index is 11.8. The Balaban J connectivity index is 2.21. The van der Waals surface area contributed by atoms with Crippen LogP contribution in [0.5, 0.6) is 0 Å². The second-order valence-electron chi connectivity index (χ2n) is 3.75. The number of halogens is 1. The summed E-state index contributed by atoms with van der Waals surface area (Å²) in [5, 5.41) is 5.93. The second-order valence-corrected chi connectivity index (χ2v) is 5.17. The van der Waals surface area contributed by atoms with Crippen molar-refractivity contribution in [1.82, 2.24) is 14.8 Å². The summed E-state index contributed by atoms with van der Waals surface area (Å²) in [5.74, 6) is 1.01. The van der Waals surface area contributed by atoms with Crippen LogP contribution in [0.15, 0.2) is 5.16 Å². The molecule has 0 saturated carbocycles. The number of carbonyl (C=O) groups is 1. The number of nitrogens with zero attached hydrogens (tertiary/aromatic N) is 4. The monoisotopic (exact) mass is 304 g/mol. The Labute approximate surface area is 107 Å². The third-order valence-corrected chi connectivity index (χ3v) is 4.20. The molecular weight excluding hydrogens is 292 g/mol. The zero-order chi connectivity index (χ0) is 11.7. The molecule has 0 aliphatic carbocycles. The van der Waals surface area contributed by atoms with Crippen molar-refractivity contribution < 1.29 is 4.79 Å². The van der Waals surface area contributed by atoms with E-state index in [0.29, 0.717) is 24.8 Å². The molecule has 1 atom stereocenters. The Morgan fingerprint density at radius 3 is 2.88 bits per heavy atom. The molecule has 0 radical (unpaired) electrons. The van der Waals surface area contributed by atoms with Gasteiger partial charge >= 0.3 is 0 Å². The SMILES string of the molecule is CSc1nc(N2CC(CBr)CC2=O)nn1C. The van der Waals surface area contributed by atoms with Crippen molar-refractivity contribution in [2.75, 3.05) is 23.0 Å². The second kappa shape index (κ2) is 4.75. The van der Waals surface area contributed by atoms with Crippen LogP contribution in [-0.2, 0) is 11.8 Å². The van der Waals surface area contributed by atoms with Crippen LogP contribution in [0, 0.1) is 5.92 Å². The van der Waals surface area contributed by atoms with Gasteiger partial charge < -0.3 is 0 Å². The van der Waals surface area contributed by atoms with Crippen LogP contribution in [0.2, 0.25) is 0 Å². The quantitative estimate of drug-likeness (QED) is 0.624. The molecule has 1 fully saturated rings. The number of hydrogen-bond donors (Lipinski definition) is 0. The highest BCUT2D eigenvalue weighted by molar-refractivity contribution is 9.09. The lowest BCUT2D eigenvalue weighted by molar-refractivity contribution is -0.117. The first-order valence-electron chi connectivity index (χ1n) is 4.97. The lowest BCUT2D eigenvalue weighted by Crippen LogP contribution is -2.26. The summed E-state index contributed by atoms with van der Waals surface area (Å²) in [4.78, 5) is 17.8. The van der Waals surface area contributed by atoms with Crippen LogP contribution < -0.4 is 4.90 Å². The Bertz CT molecular complexity index is 408. The minimum atomic E-state index is 0.114. The Kier molecular flexibility index (Phi) is 3.53. The number of carbonyl (C=O) groups excluding carboxylic acids is 1. The van der Waals surface area contributed by atoms with E-state index in [4.69, 9.17) is 0 Å². The fourth-order valence-electron chi connectivity index (χ4n) is 1.73. The molecule has 7 heteroatoms. The summed E-state index contributed by atoms with van der Waals surface area (Å²) in [7, 11) is 1.84. The van der Waals surface area contributed by atoms with E-state index >= 15 is 0 Å². The molecule has 0 aromatic carbocycles. The van der Waals surface area contributed by atoms with Gasteiger partial charge in [0.05, 0.1) is 0 Å². The fraction of sp³-hybridized carbons (Fsp3) is 0.667. The van der Waals surface area contributed by atoms with Gasteiger partial charge in [-0.1, -0.05) is 27.7 Å². The fourth-order valence-corrected chi connectivity index (χ4v) is 2.64. The number of alkyl halides is 1. The van der Waals surface area contributed by atoms with Crippen LogP contribution >= 0.6 is 27.7 Å². The summed E-state index contributed by atoms with van der Waals surface area (Å²) in [6.07, 6.45) is 2.53. The van der Waals surface area contributed by atoms with E-state index in [1.807, 2.05) is 13.3 Å². The van der Waals surface area contributed by atoms with Gasteiger partial charge in [-0.05, 0) is 12.2 Å². The van der Waals surface area contributed by atoms with Crippen molar-refractivity contribution >= 4 is 39.5 Å². The molecule has 1 aliphatic rings. The zero-order valence-corrected chi connectivity index (χ0v) is 11.6. The van der Waals surface area contributed by atoms with Crippen molar-refractivity contribution in [3.63, 3.8) is 0 Å². The van der Waals surface area contributed by atoms with E-state index in [2.05, 4.69) is 26.0 Å². The van der Waals surface area contributed by atoms with Crippen molar-refractivity contribution in [3.05, 3.63) is 0 Å². The Morgan fingerprint density at radius 2 is 2.38 bits per heavy atom. The summed E-state index contributed by atoms with van der Waals surface area (Å²) in [5.41, 5.74) is 0. The average molecular weight is 305 g/mol. The van der Waals surface area contributed by atoms with Gasteiger partial charge in [0.2, 0.25) is 5.91 Å². The molecule has 2 heterocycles. The van der Waals surface area contributed by atoms with Gasteiger partial charge in [-0.2, -0.15) is 4.98 Å². The zero-order valence-electron chi connectivity index (χ0n) is 9.18. The molecule has 0 spiro atoms. The van der Waals surface area contributed by atoms with E-state index in [-0.39, 0.29) is 5.91 Å². The third kappa shape index (κ3) is 2.10. The highest BCUT2D eigenvalue weighted by atomic mass is 79.9. The number of amides is 1. The molecule has 1 aromatic rings. The molecule has 0 N–H and O–H groups in total. The molecule has 1 aliphatic heterocycles. The number of rotatable bonds is 3. The number of anilines is 1. The smallest absolute Gasteiger partial charge is 0.252 e. The standard InChI is InChI=1S/C9H13BrN4OS/c1-13-9(16-2)11-8(12-13)14-5-6(4-10)3-7(14)15/h6H,3-5H2,1-2H3. The van der Waals surface area contributed by atoms with E-state index in [0.717, 1.165) is 10.5 Å². The molecule has 2 rings (SSSR count). The minimum absolute atomic E-state index is 0.114. The third-order valence-electron chi connectivity index (χ3n) is 2.56. The van der Waals surface area contributed by atoms with Crippen molar-refractivity contribution in [2.45, 2.75) is 11.6 Å².